The minimum absolute atomic E-state index is 0.282. The van der Waals surface area contributed by atoms with E-state index in [4.69, 9.17) is 11.0 Å². The van der Waals surface area contributed by atoms with Gasteiger partial charge in [0.1, 0.15) is 0 Å². The molecule has 11 heavy (non-hydrogen) atoms. The number of hydrogen-bond acceptors (Lipinski definition) is 1. The smallest absolute Gasteiger partial charge is 0.271 e. The number of hydrogen-bond donors (Lipinski definition) is 3. The van der Waals surface area contributed by atoms with Crippen molar-refractivity contribution in [2.24, 2.45) is 11.0 Å². The maximum atomic E-state index is 10.9. The molecule has 1 fully saturated rings. The van der Waals surface area contributed by atoms with Crippen LogP contribution in [0, 0.1) is 0 Å². The fourth-order valence-corrected chi connectivity index (χ4v) is 2.35. The van der Waals surface area contributed by atoms with Crippen LogP contribution in [-0.4, -0.2) is 6.04 Å². The largest absolute Gasteiger partial charge is 0.274 e. The molecule has 0 atom stereocenters. The van der Waals surface area contributed by atoms with Crippen LogP contribution in [0.3, 0.4) is 0 Å². The normalized spacial score (nSPS) is 22.0. The van der Waals surface area contributed by atoms with Crippen LogP contribution in [0.5, 0.6) is 0 Å². The summed E-state index contributed by atoms with van der Waals surface area (Å²) in [7, 11) is -2.98. The van der Waals surface area contributed by atoms with E-state index in [1.165, 1.54) is 19.3 Å². The fourth-order valence-electron chi connectivity index (χ4n) is 1.52. The van der Waals surface area contributed by atoms with E-state index in [-0.39, 0.29) is 6.04 Å². The average molecular weight is 177 g/mol. The van der Waals surface area contributed by atoms with Gasteiger partial charge < -0.3 is 0 Å². The third-order valence-electron chi connectivity index (χ3n) is 1.99. The van der Waals surface area contributed by atoms with Crippen molar-refractivity contribution in [2.75, 3.05) is 0 Å². The zero-order chi connectivity index (χ0) is 8.32. The molecule has 0 spiro atoms. The monoisotopic (exact) mass is 177 g/mol. The van der Waals surface area contributed by atoms with E-state index in [1.807, 2.05) is 0 Å². The lowest BCUT2D eigenvalue weighted by molar-refractivity contribution is 0.411. The summed E-state index contributed by atoms with van der Waals surface area (Å²) < 4.78 is 10.9. The Morgan fingerprint density at radius 3 is 2.18 bits per heavy atom. The molecule has 0 aromatic carbocycles. The number of rotatable bonds is 2. The highest BCUT2D eigenvalue weighted by Crippen LogP contribution is 2.26. The molecule has 0 aromatic rings. The summed E-state index contributed by atoms with van der Waals surface area (Å²) in [6, 6.07) is 0.282. The molecule has 0 amide bonds. The number of nitrogens with one attached hydrogen (secondary N) is 1. The van der Waals surface area contributed by atoms with Gasteiger partial charge in [-0.3, -0.25) is 15.6 Å². The second kappa shape index (κ2) is 3.68. The summed E-state index contributed by atoms with van der Waals surface area (Å²) in [5.74, 6) is 0. The third-order valence-corrected chi connectivity index (χ3v) is 2.76. The minimum Gasteiger partial charge on any atom is -0.271 e. The molecule has 0 bridgehead atoms. The summed E-state index contributed by atoms with van der Waals surface area (Å²) in [6.07, 6.45) is 5.77. The molecule has 4 nitrogen and oxygen atoms in total. The highest BCUT2D eigenvalue weighted by atomic mass is 31.2. The van der Waals surface area contributed by atoms with Crippen molar-refractivity contribution in [1.82, 2.24) is 5.09 Å². The standard InChI is InChI=1S/C6H16N3OP/c7-11(8,10)9-6-4-2-1-3-5-6/h6H,1-5H2,(H5,7,8,9,10). The van der Waals surface area contributed by atoms with Gasteiger partial charge in [-0.25, -0.2) is 5.09 Å². The van der Waals surface area contributed by atoms with Gasteiger partial charge in [-0.15, -0.1) is 0 Å². The molecule has 0 aromatic heterocycles. The first-order valence-corrected chi connectivity index (χ1v) is 5.87. The molecule has 0 radical (unpaired) electrons. The van der Waals surface area contributed by atoms with E-state index in [0.29, 0.717) is 0 Å². The van der Waals surface area contributed by atoms with E-state index in [2.05, 4.69) is 5.09 Å². The van der Waals surface area contributed by atoms with Crippen LogP contribution in [0.25, 0.3) is 0 Å². The van der Waals surface area contributed by atoms with Crippen molar-refractivity contribution < 1.29 is 4.57 Å². The van der Waals surface area contributed by atoms with Crippen molar-refractivity contribution in [3.8, 4) is 0 Å². The first-order chi connectivity index (χ1) is 5.08. The Labute approximate surface area is 67.2 Å². The first-order valence-electron chi connectivity index (χ1n) is 4.03. The SMILES string of the molecule is NP(N)(=O)NC1CCCCC1. The van der Waals surface area contributed by atoms with Crippen molar-refractivity contribution in [2.45, 2.75) is 38.1 Å². The molecule has 5 heteroatoms. The van der Waals surface area contributed by atoms with Crippen LogP contribution in [0.1, 0.15) is 32.1 Å². The zero-order valence-electron chi connectivity index (χ0n) is 6.62. The lowest BCUT2D eigenvalue weighted by Gasteiger charge is -2.24. The van der Waals surface area contributed by atoms with Crippen LogP contribution < -0.4 is 16.1 Å². The molecule has 1 aliphatic rings. The van der Waals surface area contributed by atoms with Gasteiger partial charge in [-0.05, 0) is 12.8 Å². The summed E-state index contributed by atoms with van der Waals surface area (Å²) in [5.41, 5.74) is 10.4. The Morgan fingerprint density at radius 2 is 1.73 bits per heavy atom. The summed E-state index contributed by atoms with van der Waals surface area (Å²) in [6.45, 7) is 0. The van der Waals surface area contributed by atoms with E-state index >= 15 is 0 Å². The summed E-state index contributed by atoms with van der Waals surface area (Å²) in [4.78, 5) is 0. The zero-order valence-corrected chi connectivity index (χ0v) is 7.52. The van der Waals surface area contributed by atoms with Crippen molar-refractivity contribution in [3.05, 3.63) is 0 Å². The van der Waals surface area contributed by atoms with Gasteiger partial charge >= 0.3 is 0 Å². The Balaban J connectivity index is 2.30. The molecule has 0 aliphatic heterocycles. The van der Waals surface area contributed by atoms with Crippen LogP contribution in [0.2, 0.25) is 0 Å². The average Bonchev–Trinajstić information content (AvgIpc) is 1.85. The molecule has 1 saturated carbocycles. The quantitative estimate of drug-likeness (QED) is 0.548. The molecule has 1 aliphatic carbocycles. The predicted octanol–water partition coefficient (Wildman–Crippen LogP) is 0.934. The van der Waals surface area contributed by atoms with Gasteiger partial charge in [-0.2, -0.15) is 0 Å². The predicted molar refractivity (Wildman–Crippen MR) is 46.0 cm³/mol. The van der Waals surface area contributed by atoms with Crippen LogP contribution in [0.4, 0.5) is 0 Å². The van der Waals surface area contributed by atoms with Gasteiger partial charge in [0.2, 0.25) is 0 Å². The Morgan fingerprint density at radius 1 is 1.18 bits per heavy atom. The molecular formula is C6H16N3OP. The maximum absolute atomic E-state index is 10.9. The lowest BCUT2D eigenvalue weighted by atomic mass is 9.96. The molecule has 0 unspecified atom stereocenters. The van der Waals surface area contributed by atoms with Crippen molar-refractivity contribution in [3.63, 3.8) is 0 Å². The Kier molecular flexibility index (Phi) is 3.07. The topological polar surface area (TPSA) is 81.1 Å². The van der Waals surface area contributed by atoms with E-state index in [1.54, 1.807) is 0 Å². The molecule has 0 heterocycles. The summed E-state index contributed by atoms with van der Waals surface area (Å²) in [5, 5.41) is 2.77. The molecule has 66 valence electrons. The van der Waals surface area contributed by atoms with Gasteiger partial charge in [-0.1, -0.05) is 19.3 Å². The van der Waals surface area contributed by atoms with E-state index in [9.17, 15) is 4.57 Å². The molecule has 1 rings (SSSR count). The third kappa shape index (κ3) is 3.87. The van der Waals surface area contributed by atoms with Crippen LogP contribution in [0.15, 0.2) is 0 Å². The van der Waals surface area contributed by atoms with Crippen molar-refractivity contribution >= 4 is 7.59 Å². The van der Waals surface area contributed by atoms with Gasteiger partial charge in [0.15, 0.2) is 0 Å². The van der Waals surface area contributed by atoms with Crippen LogP contribution >= 0.6 is 7.59 Å². The fraction of sp³-hybridized carbons (Fsp3) is 1.00. The Bertz CT molecular complexity index is 161. The molecular weight excluding hydrogens is 161 g/mol. The second-order valence-corrected chi connectivity index (χ2v) is 4.85. The van der Waals surface area contributed by atoms with Crippen molar-refractivity contribution in [1.29, 1.82) is 0 Å². The first kappa shape index (κ1) is 9.20. The molecule has 0 saturated heterocycles. The summed E-state index contributed by atoms with van der Waals surface area (Å²) >= 11 is 0. The van der Waals surface area contributed by atoms with E-state index in [0.717, 1.165) is 12.8 Å². The van der Waals surface area contributed by atoms with E-state index < -0.39 is 7.59 Å². The number of nitrogens with two attached hydrogens (primary N) is 2. The Hall–Kier alpha value is 0.110. The van der Waals surface area contributed by atoms with Gasteiger partial charge in [0.25, 0.3) is 7.59 Å². The highest BCUT2D eigenvalue weighted by Gasteiger charge is 2.18. The van der Waals surface area contributed by atoms with Crippen LogP contribution in [-0.2, 0) is 4.57 Å². The second-order valence-electron chi connectivity index (χ2n) is 3.17. The van der Waals surface area contributed by atoms with Gasteiger partial charge in [0.05, 0.1) is 0 Å². The minimum atomic E-state index is -2.98. The maximum Gasteiger partial charge on any atom is 0.274 e. The van der Waals surface area contributed by atoms with Gasteiger partial charge in [0, 0.05) is 6.04 Å². The highest BCUT2D eigenvalue weighted by molar-refractivity contribution is 7.56. The lowest BCUT2D eigenvalue weighted by Crippen LogP contribution is -2.33. The molecule has 5 N–H and O–H groups in total.